The molecule has 0 heterocycles. The van der Waals surface area contributed by atoms with Crippen LogP contribution in [-0.2, 0) is 9.53 Å². The van der Waals surface area contributed by atoms with Crippen molar-refractivity contribution >= 4 is 28.6 Å². The first kappa shape index (κ1) is 13.1. The second kappa shape index (κ2) is 8.71. The molecule has 0 radical (unpaired) electrons. The Bertz CT molecular complexity index is 143. The molecule has 0 unspecified atom stereocenters. The highest BCUT2D eigenvalue weighted by Crippen LogP contribution is 1.92. The normalized spacial score (nSPS) is 10.5. The highest BCUT2D eigenvalue weighted by molar-refractivity contribution is 14.1. The zero-order chi connectivity index (χ0) is 10.1. The lowest BCUT2D eigenvalue weighted by atomic mass is 10.4. The fourth-order valence-corrected chi connectivity index (χ4v) is 1.01. The fraction of sp³-hybridized carbons (Fsp3) is 0.875. The quantitative estimate of drug-likeness (QED) is 0.417. The van der Waals surface area contributed by atoms with E-state index in [1.165, 1.54) is 0 Å². The molecule has 1 N–H and O–H groups in total. The van der Waals surface area contributed by atoms with Gasteiger partial charge < -0.3 is 14.7 Å². The van der Waals surface area contributed by atoms with E-state index in [-0.39, 0.29) is 12.6 Å². The molecule has 13 heavy (non-hydrogen) atoms. The van der Waals surface area contributed by atoms with Gasteiger partial charge in [-0.15, -0.1) is 0 Å². The number of ether oxygens (including phenoxy) is 1. The fourth-order valence-electron chi connectivity index (χ4n) is 0.789. The number of nitrogens with zero attached hydrogens (tertiary/aromatic N) is 1. The third-order valence-corrected chi connectivity index (χ3v) is 1.96. The lowest BCUT2D eigenvalue weighted by Gasteiger charge is -2.13. The highest BCUT2D eigenvalue weighted by Gasteiger charge is 2.04. The van der Waals surface area contributed by atoms with Crippen LogP contribution in [-0.4, -0.2) is 53.8 Å². The van der Waals surface area contributed by atoms with Gasteiger partial charge in [0.15, 0.2) is 0 Å². The van der Waals surface area contributed by atoms with E-state index in [2.05, 4.69) is 22.6 Å². The Hall–Kier alpha value is 0.120. The van der Waals surface area contributed by atoms with Crippen LogP contribution < -0.4 is 0 Å². The van der Waals surface area contributed by atoms with Gasteiger partial charge in [0.2, 0.25) is 0 Å². The zero-order valence-corrected chi connectivity index (χ0v) is 9.99. The molecule has 0 spiro atoms. The van der Waals surface area contributed by atoms with E-state index in [0.29, 0.717) is 26.1 Å². The lowest BCUT2D eigenvalue weighted by molar-refractivity contribution is -0.143. The molecule has 4 nitrogen and oxygen atoms in total. The maximum Gasteiger partial charge on any atom is 0.307 e. The molecule has 0 bridgehead atoms. The number of rotatable bonds is 7. The summed E-state index contributed by atoms with van der Waals surface area (Å²) in [5.74, 6) is -0.165. The van der Waals surface area contributed by atoms with Crippen LogP contribution in [0.5, 0.6) is 0 Å². The predicted octanol–water partition coefficient (Wildman–Crippen LogP) is 0.279. The molecular formula is C8H16INO3. The molecule has 0 aliphatic carbocycles. The predicted molar refractivity (Wildman–Crippen MR) is 59.0 cm³/mol. The zero-order valence-electron chi connectivity index (χ0n) is 7.83. The van der Waals surface area contributed by atoms with Gasteiger partial charge in [0.25, 0.3) is 0 Å². The maximum atomic E-state index is 11.0. The first-order valence-electron chi connectivity index (χ1n) is 4.21. The smallest absolute Gasteiger partial charge is 0.307 e. The van der Waals surface area contributed by atoms with Crippen molar-refractivity contribution in [1.29, 1.82) is 0 Å². The van der Waals surface area contributed by atoms with Gasteiger partial charge in [0, 0.05) is 17.5 Å². The van der Waals surface area contributed by atoms with Gasteiger partial charge in [-0.2, -0.15) is 0 Å². The molecule has 5 heteroatoms. The van der Waals surface area contributed by atoms with Gasteiger partial charge in [-0.1, -0.05) is 22.6 Å². The average molecular weight is 301 g/mol. The van der Waals surface area contributed by atoms with Gasteiger partial charge in [0.05, 0.1) is 13.0 Å². The van der Waals surface area contributed by atoms with Gasteiger partial charge in [0.1, 0.15) is 6.61 Å². The van der Waals surface area contributed by atoms with E-state index in [1.54, 1.807) is 0 Å². The number of halogens is 1. The molecular weight excluding hydrogens is 285 g/mol. The summed E-state index contributed by atoms with van der Waals surface area (Å²) in [4.78, 5) is 12.9. The van der Waals surface area contributed by atoms with Crippen molar-refractivity contribution in [3.05, 3.63) is 0 Å². The number of hydrogen-bond acceptors (Lipinski definition) is 4. The molecule has 0 aromatic carbocycles. The third-order valence-electron chi connectivity index (χ3n) is 1.52. The monoisotopic (exact) mass is 301 g/mol. The Morgan fingerprint density at radius 2 is 2.23 bits per heavy atom. The average Bonchev–Trinajstić information content (AvgIpc) is 2.12. The molecule has 0 atom stereocenters. The van der Waals surface area contributed by atoms with Crippen LogP contribution in [0.3, 0.4) is 0 Å². The topological polar surface area (TPSA) is 49.8 Å². The van der Waals surface area contributed by atoms with Crippen molar-refractivity contribution in [3.8, 4) is 0 Å². The minimum Gasteiger partial charge on any atom is -0.465 e. The van der Waals surface area contributed by atoms with Crippen LogP contribution >= 0.6 is 22.6 Å². The first-order chi connectivity index (χ1) is 6.20. The Kier molecular flexibility index (Phi) is 8.79. The second-order valence-corrected chi connectivity index (χ2v) is 3.77. The first-order valence-corrected chi connectivity index (χ1v) is 5.74. The summed E-state index contributed by atoms with van der Waals surface area (Å²) in [6, 6.07) is 0. The number of hydrogen-bond donors (Lipinski definition) is 1. The van der Waals surface area contributed by atoms with E-state index < -0.39 is 0 Å². The number of esters is 1. The summed E-state index contributed by atoms with van der Waals surface area (Å²) in [6.45, 7) is 1.85. The van der Waals surface area contributed by atoms with Crippen molar-refractivity contribution < 1.29 is 14.6 Å². The van der Waals surface area contributed by atoms with Crippen LogP contribution in [0.25, 0.3) is 0 Å². The van der Waals surface area contributed by atoms with Crippen LogP contribution in [0.15, 0.2) is 0 Å². The Morgan fingerprint density at radius 3 is 2.77 bits per heavy atom. The van der Waals surface area contributed by atoms with Gasteiger partial charge in [-0.05, 0) is 7.05 Å². The van der Waals surface area contributed by atoms with E-state index in [4.69, 9.17) is 9.84 Å². The van der Waals surface area contributed by atoms with E-state index in [0.717, 1.165) is 4.43 Å². The molecule has 78 valence electrons. The maximum absolute atomic E-state index is 11.0. The Balaban J connectivity index is 3.34. The molecule has 0 aromatic rings. The second-order valence-electron chi connectivity index (χ2n) is 2.69. The standard InChI is InChI=1S/C8H16INO3/c1-10(5-6-11)4-2-8(12)13-7-3-9/h11H,2-7H2,1H3. The Labute approximate surface area is 92.4 Å². The molecule has 0 amide bonds. The molecule has 0 saturated heterocycles. The van der Waals surface area contributed by atoms with Gasteiger partial charge in [-0.3, -0.25) is 4.79 Å². The van der Waals surface area contributed by atoms with Crippen molar-refractivity contribution in [2.24, 2.45) is 0 Å². The summed E-state index contributed by atoms with van der Waals surface area (Å²) in [7, 11) is 1.86. The summed E-state index contributed by atoms with van der Waals surface area (Å²) >= 11 is 2.16. The van der Waals surface area contributed by atoms with Crippen molar-refractivity contribution in [2.75, 3.05) is 37.8 Å². The summed E-state index contributed by atoms with van der Waals surface area (Å²) in [5.41, 5.74) is 0. The minimum absolute atomic E-state index is 0.124. The van der Waals surface area contributed by atoms with Crippen molar-refractivity contribution in [1.82, 2.24) is 4.90 Å². The number of carbonyl (C=O) groups excluding carboxylic acids is 1. The third kappa shape index (κ3) is 8.45. The van der Waals surface area contributed by atoms with Crippen molar-refractivity contribution in [2.45, 2.75) is 6.42 Å². The molecule has 0 fully saturated rings. The molecule has 0 saturated carbocycles. The van der Waals surface area contributed by atoms with E-state index in [1.807, 2.05) is 11.9 Å². The van der Waals surface area contributed by atoms with Crippen LogP contribution in [0.2, 0.25) is 0 Å². The SMILES string of the molecule is CN(CCO)CCC(=O)OCCI. The van der Waals surface area contributed by atoms with Crippen LogP contribution in [0, 0.1) is 0 Å². The number of carbonyl (C=O) groups is 1. The van der Waals surface area contributed by atoms with E-state index in [9.17, 15) is 4.79 Å². The molecule has 0 aliphatic rings. The number of alkyl halides is 1. The van der Waals surface area contributed by atoms with Crippen molar-refractivity contribution in [3.63, 3.8) is 0 Å². The lowest BCUT2D eigenvalue weighted by Crippen LogP contribution is -2.25. The number of likely N-dealkylation sites (N-methyl/N-ethyl adjacent to an activating group) is 1. The summed E-state index contributed by atoms with van der Waals surface area (Å²) in [6.07, 6.45) is 0.396. The molecule has 0 rings (SSSR count). The Morgan fingerprint density at radius 1 is 1.54 bits per heavy atom. The largest absolute Gasteiger partial charge is 0.465 e. The number of aliphatic hydroxyl groups excluding tert-OH is 1. The summed E-state index contributed by atoms with van der Waals surface area (Å²) < 4.78 is 5.71. The summed E-state index contributed by atoms with van der Waals surface area (Å²) in [5, 5.41) is 8.58. The van der Waals surface area contributed by atoms with E-state index >= 15 is 0 Å². The van der Waals surface area contributed by atoms with Gasteiger partial charge >= 0.3 is 5.97 Å². The molecule has 0 aliphatic heterocycles. The number of aliphatic hydroxyl groups is 1. The molecule has 0 aromatic heterocycles. The minimum atomic E-state index is -0.165. The highest BCUT2D eigenvalue weighted by atomic mass is 127. The van der Waals surface area contributed by atoms with Crippen LogP contribution in [0.4, 0.5) is 0 Å². The van der Waals surface area contributed by atoms with Gasteiger partial charge in [-0.25, -0.2) is 0 Å². The van der Waals surface area contributed by atoms with Crippen LogP contribution in [0.1, 0.15) is 6.42 Å².